The van der Waals surface area contributed by atoms with E-state index in [1.807, 2.05) is 41.3 Å². The van der Waals surface area contributed by atoms with Gasteiger partial charge in [0.1, 0.15) is 23.2 Å². The first-order valence-electron chi connectivity index (χ1n) is 12.4. The Morgan fingerprint density at radius 1 is 0.925 bits per heavy atom. The fraction of sp³-hybridized carbons (Fsp3) is 0.207. The predicted octanol–water partition coefficient (Wildman–Crippen LogP) is 4.65. The number of carbonyl (C=O) groups is 3. The number of ketones is 1. The van der Waals surface area contributed by atoms with Crippen molar-refractivity contribution in [2.75, 3.05) is 24.0 Å². The van der Waals surface area contributed by atoms with Crippen LogP contribution < -0.4 is 19.3 Å². The lowest BCUT2D eigenvalue weighted by molar-refractivity contribution is -0.384. The van der Waals surface area contributed by atoms with Gasteiger partial charge in [-0.15, -0.1) is 0 Å². The standard InChI is InChI=1S/C29H22BrN3O7/c1-39-22-11-8-16(13-18(22)30)27(34)26-25-24(20-10-7-15-5-3-4-6-19(15)31(20)26)28(35)32(29(25)36)21-14-17(33(37)38)9-12-23(21)40-2/h3-14,20,24-26H,1-2H3/t20-,24-,25-,26+/m1/s1. The molecule has 4 atom stereocenters. The number of rotatable bonds is 6. The van der Waals surface area contributed by atoms with E-state index in [2.05, 4.69) is 15.9 Å². The monoisotopic (exact) mass is 603 g/mol. The van der Waals surface area contributed by atoms with Gasteiger partial charge in [-0.1, -0.05) is 30.4 Å². The molecule has 40 heavy (non-hydrogen) atoms. The Hall–Kier alpha value is -4.51. The number of methoxy groups -OCH3 is 2. The molecule has 11 heteroatoms. The van der Waals surface area contributed by atoms with Crippen molar-refractivity contribution in [1.82, 2.24) is 0 Å². The van der Waals surface area contributed by atoms with Crippen LogP contribution in [0.1, 0.15) is 15.9 Å². The molecule has 0 bridgehead atoms. The highest BCUT2D eigenvalue weighted by molar-refractivity contribution is 9.10. The van der Waals surface area contributed by atoms with Gasteiger partial charge in [0.05, 0.1) is 41.5 Å². The first-order chi connectivity index (χ1) is 19.3. The van der Waals surface area contributed by atoms with Crippen LogP contribution in [0.3, 0.4) is 0 Å². The highest BCUT2D eigenvalue weighted by atomic mass is 79.9. The van der Waals surface area contributed by atoms with Crippen molar-refractivity contribution in [2.45, 2.75) is 12.1 Å². The molecule has 0 N–H and O–H groups in total. The molecule has 0 aliphatic carbocycles. The lowest BCUT2D eigenvalue weighted by atomic mass is 9.86. The molecule has 3 aliphatic heterocycles. The molecule has 10 nitrogen and oxygen atoms in total. The van der Waals surface area contributed by atoms with Crippen LogP contribution in [-0.2, 0) is 9.59 Å². The second kappa shape index (κ2) is 9.60. The molecule has 202 valence electrons. The first kappa shape index (κ1) is 25.8. The van der Waals surface area contributed by atoms with E-state index in [-0.39, 0.29) is 22.9 Å². The summed E-state index contributed by atoms with van der Waals surface area (Å²) in [5, 5.41) is 11.5. The number of benzene rings is 3. The quantitative estimate of drug-likeness (QED) is 0.173. The van der Waals surface area contributed by atoms with Crippen molar-refractivity contribution >= 4 is 56.7 Å². The molecule has 3 aromatic carbocycles. The number of hydrogen-bond donors (Lipinski definition) is 0. The Bertz CT molecular complexity index is 1640. The van der Waals surface area contributed by atoms with Crippen LogP contribution in [0.4, 0.5) is 17.1 Å². The van der Waals surface area contributed by atoms with Crippen LogP contribution in [0.25, 0.3) is 6.08 Å². The van der Waals surface area contributed by atoms with Gasteiger partial charge in [-0.3, -0.25) is 24.5 Å². The molecular weight excluding hydrogens is 582 g/mol. The van der Waals surface area contributed by atoms with Crippen LogP contribution >= 0.6 is 15.9 Å². The zero-order valence-corrected chi connectivity index (χ0v) is 22.9. The number of nitro benzene ring substituents is 1. The maximum absolute atomic E-state index is 14.2. The number of Topliss-reactive ketones (excluding diaryl/α,β-unsaturated/α-hetero) is 1. The largest absolute Gasteiger partial charge is 0.496 e. The van der Waals surface area contributed by atoms with E-state index in [9.17, 15) is 24.5 Å². The SMILES string of the molecule is COc1ccc(C(=O)[C@@H]2[C@@H]3C(=O)N(c4cc([N+](=O)[O-])ccc4OC)C(=O)[C@@H]3[C@H]3C=Cc4ccccc4N32)cc1Br. The third kappa shape index (κ3) is 3.72. The molecule has 2 saturated heterocycles. The normalized spacial score (nSPS) is 22.6. The van der Waals surface area contributed by atoms with E-state index >= 15 is 0 Å². The van der Waals surface area contributed by atoms with Gasteiger partial charge in [-0.05, 0) is 51.8 Å². The molecule has 3 aliphatic rings. The minimum absolute atomic E-state index is 0.0220. The molecule has 0 unspecified atom stereocenters. The summed E-state index contributed by atoms with van der Waals surface area (Å²) in [6, 6.07) is 14.6. The van der Waals surface area contributed by atoms with Crippen LogP contribution in [0.2, 0.25) is 0 Å². The topological polar surface area (TPSA) is 119 Å². The molecule has 0 aromatic heterocycles. The lowest BCUT2D eigenvalue weighted by Crippen LogP contribution is -2.48. The zero-order valence-electron chi connectivity index (χ0n) is 21.3. The maximum Gasteiger partial charge on any atom is 0.271 e. The fourth-order valence-corrected chi connectivity index (χ4v) is 6.55. The Morgan fingerprint density at radius 2 is 1.62 bits per heavy atom. The van der Waals surface area contributed by atoms with Crippen LogP contribution in [0.15, 0.2) is 71.2 Å². The fourth-order valence-electron chi connectivity index (χ4n) is 6.01. The van der Waals surface area contributed by atoms with Crippen molar-refractivity contribution in [3.63, 3.8) is 0 Å². The molecule has 0 saturated carbocycles. The van der Waals surface area contributed by atoms with E-state index in [0.29, 0.717) is 15.8 Å². The number of imide groups is 1. The van der Waals surface area contributed by atoms with E-state index < -0.39 is 40.7 Å². The average molecular weight is 604 g/mol. The van der Waals surface area contributed by atoms with Gasteiger partial charge in [0.2, 0.25) is 11.8 Å². The summed E-state index contributed by atoms with van der Waals surface area (Å²) in [7, 11) is 2.87. The molecule has 0 spiro atoms. The van der Waals surface area contributed by atoms with Crippen molar-refractivity contribution < 1.29 is 28.8 Å². The van der Waals surface area contributed by atoms with E-state index in [4.69, 9.17) is 9.47 Å². The number of nitro groups is 1. The number of halogens is 1. The van der Waals surface area contributed by atoms with Crippen molar-refractivity contribution in [3.8, 4) is 11.5 Å². The molecule has 3 heterocycles. The molecule has 2 amide bonds. The number of anilines is 2. The molecule has 2 fully saturated rings. The predicted molar refractivity (Wildman–Crippen MR) is 150 cm³/mol. The van der Waals surface area contributed by atoms with E-state index in [1.165, 1.54) is 26.4 Å². The Labute approximate surface area is 237 Å². The average Bonchev–Trinajstić information content (AvgIpc) is 3.44. The second-order valence-corrected chi connectivity index (χ2v) is 10.5. The minimum atomic E-state index is -1.04. The lowest BCUT2D eigenvalue weighted by Gasteiger charge is -2.36. The number of nitrogens with zero attached hydrogens (tertiary/aromatic N) is 3. The number of fused-ring (bicyclic) bond motifs is 5. The molecule has 3 aromatic rings. The summed E-state index contributed by atoms with van der Waals surface area (Å²) in [5.74, 6) is -2.74. The Balaban J connectivity index is 1.50. The number of amides is 2. The zero-order chi connectivity index (χ0) is 28.3. The smallest absolute Gasteiger partial charge is 0.271 e. The van der Waals surface area contributed by atoms with Crippen molar-refractivity contribution in [3.05, 3.63) is 92.5 Å². The number of non-ortho nitro benzene ring substituents is 1. The van der Waals surface area contributed by atoms with Gasteiger partial charge in [0, 0.05) is 23.4 Å². The molecule has 6 rings (SSSR count). The maximum atomic E-state index is 14.2. The molecule has 0 radical (unpaired) electrons. The first-order valence-corrected chi connectivity index (χ1v) is 13.2. The van der Waals surface area contributed by atoms with Crippen molar-refractivity contribution in [1.29, 1.82) is 0 Å². The number of carbonyl (C=O) groups excluding carboxylic acids is 3. The van der Waals surface area contributed by atoms with E-state index in [1.54, 1.807) is 18.2 Å². The van der Waals surface area contributed by atoms with Gasteiger partial charge >= 0.3 is 0 Å². The number of hydrogen-bond acceptors (Lipinski definition) is 8. The number of para-hydroxylation sites is 1. The summed E-state index contributed by atoms with van der Waals surface area (Å²) in [4.78, 5) is 56.2. The summed E-state index contributed by atoms with van der Waals surface area (Å²) in [6.45, 7) is 0. The van der Waals surface area contributed by atoms with Crippen LogP contribution in [-0.4, -0.2) is 48.8 Å². The number of ether oxygens (including phenoxy) is 2. The highest BCUT2D eigenvalue weighted by Gasteiger charge is 2.64. The summed E-state index contributed by atoms with van der Waals surface area (Å²) < 4.78 is 11.2. The Morgan fingerprint density at radius 3 is 2.33 bits per heavy atom. The van der Waals surface area contributed by atoms with Crippen LogP contribution in [0, 0.1) is 22.0 Å². The van der Waals surface area contributed by atoms with Gasteiger partial charge in [-0.25, -0.2) is 4.90 Å². The second-order valence-electron chi connectivity index (χ2n) is 9.65. The Kier molecular flexibility index (Phi) is 6.18. The third-order valence-electron chi connectivity index (χ3n) is 7.73. The minimum Gasteiger partial charge on any atom is -0.496 e. The van der Waals surface area contributed by atoms with Gasteiger partial charge in [-0.2, -0.15) is 0 Å². The highest BCUT2D eigenvalue weighted by Crippen LogP contribution is 2.51. The van der Waals surface area contributed by atoms with Crippen LogP contribution in [0.5, 0.6) is 11.5 Å². The summed E-state index contributed by atoms with van der Waals surface area (Å²) in [5.41, 5.74) is 1.64. The summed E-state index contributed by atoms with van der Waals surface area (Å²) >= 11 is 3.43. The van der Waals surface area contributed by atoms with Crippen molar-refractivity contribution in [2.24, 2.45) is 11.8 Å². The van der Waals surface area contributed by atoms with Gasteiger partial charge in [0.15, 0.2) is 5.78 Å². The van der Waals surface area contributed by atoms with Gasteiger partial charge < -0.3 is 14.4 Å². The molecular formula is C29H22BrN3O7. The van der Waals surface area contributed by atoms with Gasteiger partial charge in [0.25, 0.3) is 5.69 Å². The third-order valence-corrected chi connectivity index (χ3v) is 8.35. The van der Waals surface area contributed by atoms with E-state index in [0.717, 1.165) is 22.2 Å². The summed E-state index contributed by atoms with van der Waals surface area (Å²) in [6.07, 6.45) is 3.73.